The third-order valence-electron chi connectivity index (χ3n) is 4.54. The first kappa shape index (κ1) is 16.9. The van der Waals surface area contributed by atoms with E-state index in [1.165, 1.54) is 6.26 Å². The molecule has 0 fully saturated rings. The molecule has 3 aromatic carbocycles. The summed E-state index contributed by atoms with van der Waals surface area (Å²) in [4.78, 5) is 12.9. The molecule has 6 heteroatoms. The molecule has 0 saturated heterocycles. The first-order valence-corrected chi connectivity index (χ1v) is 8.94. The molecule has 5 rings (SSSR count). The van der Waals surface area contributed by atoms with E-state index >= 15 is 0 Å². The standard InChI is InChI=1S/C23H15NO5/c25-15-28-20-10-4-2-8-17(20)24-16-7-1-3-9-19(16)26-13-18(24)23-14-27-21-11-5-6-12-22(21)29-23/h1-15H. The van der Waals surface area contributed by atoms with Gasteiger partial charge in [-0.3, -0.25) is 9.69 Å². The lowest BCUT2D eigenvalue weighted by Crippen LogP contribution is -2.26. The third kappa shape index (κ3) is 2.96. The summed E-state index contributed by atoms with van der Waals surface area (Å²) >= 11 is 0. The molecule has 0 bridgehead atoms. The monoisotopic (exact) mass is 385 g/mol. The molecule has 0 saturated carbocycles. The van der Waals surface area contributed by atoms with Crippen LogP contribution in [0.4, 0.5) is 11.4 Å². The van der Waals surface area contributed by atoms with E-state index in [0.717, 1.165) is 5.69 Å². The van der Waals surface area contributed by atoms with Gasteiger partial charge in [-0.15, -0.1) is 0 Å². The van der Waals surface area contributed by atoms with Crippen LogP contribution in [0.3, 0.4) is 0 Å². The van der Waals surface area contributed by atoms with Gasteiger partial charge in [0.25, 0.3) is 6.47 Å². The van der Waals surface area contributed by atoms with Crippen molar-refractivity contribution in [3.63, 3.8) is 0 Å². The summed E-state index contributed by atoms with van der Waals surface area (Å²) in [5.41, 5.74) is 2.03. The van der Waals surface area contributed by atoms with Gasteiger partial charge in [-0.05, 0) is 36.4 Å². The summed E-state index contributed by atoms with van der Waals surface area (Å²) in [6.45, 7) is 0.407. The summed E-state index contributed by atoms with van der Waals surface area (Å²) < 4.78 is 22.9. The van der Waals surface area contributed by atoms with Crippen LogP contribution >= 0.6 is 0 Å². The molecular formula is C23H15NO5. The SMILES string of the molecule is O=COc1ccccc1N1C(C2=COc3ccccc3O2)=COc2ccccc21. The number of anilines is 2. The van der Waals surface area contributed by atoms with Crippen molar-refractivity contribution in [3.05, 3.63) is 96.8 Å². The van der Waals surface area contributed by atoms with Gasteiger partial charge in [-0.2, -0.15) is 0 Å². The predicted molar refractivity (Wildman–Crippen MR) is 106 cm³/mol. The lowest BCUT2D eigenvalue weighted by molar-refractivity contribution is -0.120. The Balaban J connectivity index is 1.63. The molecule has 29 heavy (non-hydrogen) atoms. The van der Waals surface area contributed by atoms with E-state index < -0.39 is 0 Å². The summed E-state index contributed by atoms with van der Waals surface area (Å²) in [7, 11) is 0. The number of fused-ring (bicyclic) bond motifs is 2. The molecule has 0 N–H and O–H groups in total. The Hall–Kier alpha value is -4.19. The lowest BCUT2D eigenvalue weighted by Gasteiger charge is -2.33. The fourth-order valence-corrected chi connectivity index (χ4v) is 3.27. The van der Waals surface area contributed by atoms with E-state index in [2.05, 4.69) is 0 Å². The third-order valence-corrected chi connectivity index (χ3v) is 4.54. The fraction of sp³-hybridized carbons (Fsp3) is 0. The Labute approximate surface area is 166 Å². The van der Waals surface area contributed by atoms with Crippen molar-refractivity contribution in [2.45, 2.75) is 0 Å². The number of carbonyl (C=O) groups is 1. The number of rotatable bonds is 4. The molecule has 3 aromatic rings. The highest BCUT2D eigenvalue weighted by Gasteiger charge is 2.30. The minimum Gasteiger partial charge on any atom is -0.460 e. The molecule has 2 aliphatic heterocycles. The highest BCUT2D eigenvalue weighted by Crippen LogP contribution is 2.46. The highest BCUT2D eigenvalue weighted by molar-refractivity contribution is 5.81. The van der Waals surface area contributed by atoms with Crippen LogP contribution in [0, 0.1) is 0 Å². The Morgan fingerprint density at radius 1 is 0.724 bits per heavy atom. The number of para-hydroxylation sites is 6. The molecular weight excluding hydrogens is 370 g/mol. The summed E-state index contributed by atoms with van der Waals surface area (Å²) in [6.07, 6.45) is 3.12. The maximum atomic E-state index is 11.0. The molecule has 0 aliphatic carbocycles. The molecule has 142 valence electrons. The van der Waals surface area contributed by atoms with Crippen molar-refractivity contribution in [1.82, 2.24) is 0 Å². The number of benzene rings is 3. The van der Waals surface area contributed by atoms with Crippen LogP contribution in [0.25, 0.3) is 0 Å². The van der Waals surface area contributed by atoms with Crippen LogP contribution < -0.4 is 23.8 Å². The zero-order chi connectivity index (χ0) is 19.6. The summed E-state index contributed by atoms with van der Waals surface area (Å²) in [5, 5.41) is 0. The van der Waals surface area contributed by atoms with Gasteiger partial charge in [-0.1, -0.05) is 36.4 Å². The van der Waals surface area contributed by atoms with E-state index in [0.29, 0.717) is 46.6 Å². The van der Waals surface area contributed by atoms with E-state index in [1.54, 1.807) is 18.4 Å². The maximum absolute atomic E-state index is 11.0. The smallest absolute Gasteiger partial charge is 0.298 e. The Morgan fingerprint density at radius 3 is 2.21 bits per heavy atom. The fourth-order valence-electron chi connectivity index (χ4n) is 3.27. The molecule has 0 unspecified atom stereocenters. The average Bonchev–Trinajstić information content (AvgIpc) is 2.79. The highest BCUT2D eigenvalue weighted by atomic mass is 16.6. The quantitative estimate of drug-likeness (QED) is 0.595. The van der Waals surface area contributed by atoms with Crippen LogP contribution in [0.5, 0.6) is 23.0 Å². The van der Waals surface area contributed by atoms with E-state index in [4.69, 9.17) is 18.9 Å². The van der Waals surface area contributed by atoms with Gasteiger partial charge in [0.1, 0.15) is 18.2 Å². The number of ether oxygens (including phenoxy) is 4. The van der Waals surface area contributed by atoms with Crippen molar-refractivity contribution in [3.8, 4) is 23.0 Å². The molecule has 2 aliphatic rings. The van der Waals surface area contributed by atoms with Gasteiger partial charge < -0.3 is 18.9 Å². The summed E-state index contributed by atoms with van der Waals surface area (Å²) in [5.74, 6) is 2.75. The van der Waals surface area contributed by atoms with Gasteiger partial charge in [-0.25, -0.2) is 0 Å². The van der Waals surface area contributed by atoms with Crippen molar-refractivity contribution in [2.24, 2.45) is 0 Å². The molecule has 2 heterocycles. The molecule has 0 spiro atoms. The van der Waals surface area contributed by atoms with Crippen LogP contribution in [-0.2, 0) is 4.79 Å². The zero-order valence-corrected chi connectivity index (χ0v) is 15.1. The number of hydrogen-bond donors (Lipinski definition) is 0. The number of hydrogen-bond acceptors (Lipinski definition) is 6. The van der Waals surface area contributed by atoms with Gasteiger partial charge in [0.05, 0.1) is 11.4 Å². The Bertz CT molecular complexity index is 1150. The van der Waals surface area contributed by atoms with Crippen molar-refractivity contribution in [2.75, 3.05) is 4.90 Å². The molecule has 0 amide bonds. The van der Waals surface area contributed by atoms with Gasteiger partial charge in [0, 0.05) is 0 Å². The number of nitrogens with zero attached hydrogens (tertiary/aromatic N) is 1. The van der Waals surface area contributed by atoms with Crippen LogP contribution in [-0.4, -0.2) is 6.47 Å². The van der Waals surface area contributed by atoms with Crippen LogP contribution in [0.15, 0.2) is 96.8 Å². The van der Waals surface area contributed by atoms with Crippen LogP contribution in [0.1, 0.15) is 0 Å². The molecule has 6 nitrogen and oxygen atoms in total. The second-order valence-corrected chi connectivity index (χ2v) is 6.25. The van der Waals surface area contributed by atoms with Crippen molar-refractivity contribution < 1.29 is 23.7 Å². The predicted octanol–water partition coefficient (Wildman–Crippen LogP) is 4.91. The molecule has 0 radical (unpaired) electrons. The zero-order valence-electron chi connectivity index (χ0n) is 15.1. The summed E-state index contributed by atoms with van der Waals surface area (Å²) in [6, 6.07) is 22.2. The average molecular weight is 385 g/mol. The Morgan fingerprint density at radius 2 is 1.38 bits per heavy atom. The van der Waals surface area contributed by atoms with Gasteiger partial charge >= 0.3 is 0 Å². The minimum atomic E-state index is 0.405. The van der Waals surface area contributed by atoms with Crippen LogP contribution in [0.2, 0.25) is 0 Å². The van der Waals surface area contributed by atoms with E-state index in [-0.39, 0.29) is 0 Å². The lowest BCUT2D eigenvalue weighted by atomic mass is 10.1. The van der Waals surface area contributed by atoms with Crippen molar-refractivity contribution in [1.29, 1.82) is 0 Å². The van der Waals surface area contributed by atoms with Gasteiger partial charge in [0.15, 0.2) is 28.8 Å². The van der Waals surface area contributed by atoms with E-state index in [9.17, 15) is 4.79 Å². The minimum absolute atomic E-state index is 0.405. The first-order valence-electron chi connectivity index (χ1n) is 8.94. The van der Waals surface area contributed by atoms with E-state index in [1.807, 2.05) is 65.6 Å². The first-order chi connectivity index (χ1) is 14.3. The molecule has 0 aromatic heterocycles. The topological polar surface area (TPSA) is 57.2 Å². The largest absolute Gasteiger partial charge is 0.460 e. The van der Waals surface area contributed by atoms with Gasteiger partial charge in [0.2, 0.25) is 0 Å². The Kier molecular flexibility index (Phi) is 4.14. The normalized spacial score (nSPS) is 14.1. The maximum Gasteiger partial charge on any atom is 0.298 e. The second-order valence-electron chi connectivity index (χ2n) is 6.25. The van der Waals surface area contributed by atoms with Crippen molar-refractivity contribution >= 4 is 17.8 Å². The number of carbonyl (C=O) groups excluding carboxylic acids is 1. The molecule has 0 atom stereocenters. The second kappa shape index (κ2) is 7.09.